The lowest BCUT2D eigenvalue weighted by molar-refractivity contribution is 0.0961. The second-order valence-corrected chi connectivity index (χ2v) is 11.8. The van der Waals surface area contributed by atoms with Crippen LogP contribution in [0.15, 0.2) is 42.7 Å². The number of fused-ring (bicyclic) bond motifs is 4. The number of ether oxygens (including phenoxy) is 3. The van der Waals surface area contributed by atoms with Crippen LogP contribution in [0.2, 0.25) is 0 Å². The Bertz CT molecular complexity index is 1850. The number of methoxy groups -OCH3 is 1. The van der Waals surface area contributed by atoms with Gasteiger partial charge in [-0.15, -0.1) is 11.3 Å². The van der Waals surface area contributed by atoms with E-state index in [-0.39, 0.29) is 13.2 Å². The predicted molar refractivity (Wildman–Crippen MR) is 165 cm³/mol. The van der Waals surface area contributed by atoms with Crippen molar-refractivity contribution in [1.82, 2.24) is 19.9 Å². The maximum absolute atomic E-state index is 12.2. The van der Waals surface area contributed by atoms with Crippen molar-refractivity contribution in [3.05, 3.63) is 53.9 Å². The van der Waals surface area contributed by atoms with Crippen molar-refractivity contribution in [1.29, 1.82) is 0 Å². The Kier molecular flexibility index (Phi) is 6.85. The van der Waals surface area contributed by atoms with Crippen LogP contribution < -0.4 is 24.0 Å². The Morgan fingerprint density at radius 1 is 1.12 bits per heavy atom. The summed E-state index contributed by atoms with van der Waals surface area (Å²) in [7, 11) is 1.57. The number of carbonyl (C=O) groups is 1. The lowest BCUT2D eigenvalue weighted by Crippen LogP contribution is -2.43. The number of hydrogen-bond acceptors (Lipinski definition) is 10. The van der Waals surface area contributed by atoms with Crippen LogP contribution in [0.4, 0.5) is 16.3 Å². The predicted octanol–water partition coefficient (Wildman–Crippen LogP) is 5.85. The molecular formula is C31H30N6O5S. The number of carboxylic acid groups (broad SMARTS) is 1. The molecule has 1 fully saturated rings. The molecule has 220 valence electrons. The minimum Gasteiger partial charge on any atom is -0.484 e. The van der Waals surface area contributed by atoms with E-state index in [0.717, 1.165) is 74.7 Å². The quantitative estimate of drug-likeness (QED) is 0.255. The average molecular weight is 599 g/mol. The number of hydrogen-bond donors (Lipinski definition) is 1. The summed E-state index contributed by atoms with van der Waals surface area (Å²) in [6.45, 7) is 6.23. The van der Waals surface area contributed by atoms with Gasteiger partial charge in [0, 0.05) is 18.7 Å². The van der Waals surface area contributed by atoms with E-state index in [1.165, 1.54) is 16.2 Å². The van der Waals surface area contributed by atoms with Crippen molar-refractivity contribution in [2.45, 2.75) is 32.8 Å². The number of aryl methyl sites for hydroxylation is 2. The van der Waals surface area contributed by atoms with E-state index in [9.17, 15) is 9.90 Å². The zero-order valence-electron chi connectivity index (χ0n) is 24.0. The van der Waals surface area contributed by atoms with Gasteiger partial charge in [-0.1, -0.05) is 0 Å². The Hall–Kier alpha value is -4.71. The maximum Gasteiger partial charge on any atom is 0.411 e. The van der Waals surface area contributed by atoms with Crippen LogP contribution in [0.5, 0.6) is 17.4 Å². The van der Waals surface area contributed by atoms with E-state index in [0.29, 0.717) is 23.1 Å². The van der Waals surface area contributed by atoms with E-state index >= 15 is 0 Å². The highest BCUT2D eigenvalue weighted by atomic mass is 32.1. The van der Waals surface area contributed by atoms with Gasteiger partial charge in [-0.05, 0) is 68.1 Å². The molecule has 0 spiro atoms. The van der Waals surface area contributed by atoms with Crippen LogP contribution in [0.1, 0.15) is 24.0 Å². The van der Waals surface area contributed by atoms with Crippen LogP contribution in [0.3, 0.4) is 0 Å². The molecule has 12 heteroatoms. The first-order valence-corrected chi connectivity index (χ1v) is 15.0. The second kappa shape index (κ2) is 10.8. The third-order valence-corrected chi connectivity index (χ3v) is 8.87. The normalized spacial score (nSPS) is 16.2. The number of amides is 1. The third kappa shape index (κ3) is 5.01. The van der Waals surface area contributed by atoms with Crippen LogP contribution in [-0.2, 0) is 0 Å². The Labute approximate surface area is 251 Å². The van der Waals surface area contributed by atoms with Gasteiger partial charge in [-0.3, -0.25) is 4.90 Å². The van der Waals surface area contributed by atoms with E-state index in [4.69, 9.17) is 19.2 Å². The molecule has 2 aliphatic rings. The standard InChI is InChI=1S/C31H30N6O5S/c1-17-10-21(27-22(11-17)34-25(40-3)14-33-27)30-35-26-18(2)12-23-28(29(26)43-30)41-16-20(42-23)15-37(31(38)39)19-6-7-24(32-13-19)36-8-4-5-9-36/h6-7,10-14,20H,4-5,8-9,15-16H2,1-3H3,(H,38,39). The molecule has 1 atom stereocenters. The summed E-state index contributed by atoms with van der Waals surface area (Å²) in [5, 5.41) is 10.8. The molecule has 0 bridgehead atoms. The molecule has 5 heterocycles. The summed E-state index contributed by atoms with van der Waals surface area (Å²) in [5.74, 6) is 2.51. The molecule has 0 saturated carbocycles. The molecule has 1 amide bonds. The zero-order valence-corrected chi connectivity index (χ0v) is 24.8. The van der Waals surface area contributed by atoms with Gasteiger partial charge in [0.1, 0.15) is 22.1 Å². The molecule has 1 N–H and O–H groups in total. The molecular weight excluding hydrogens is 568 g/mol. The average Bonchev–Trinajstić information content (AvgIpc) is 3.71. The van der Waals surface area contributed by atoms with Crippen LogP contribution >= 0.6 is 11.3 Å². The van der Waals surface area contributed by atoms with Gasteiger partial charge >= 0.3 is 6.09 Å². The molecule has 5 aromatic rings. The lowest BCUT2D eigenvalue weighted by atomic mass is 10.1. The Morgan fingerprint density at radius 3 is 2.70 bits per heavy atom. The van der Waals surface area contributed by atoms with Crippen molar-refractivity contribution < 1.29 is 24.1 Å². The molecule has 0 radical (unpaired) electrons. The third-order valence-electron chi connectivity index (χ3n) is 7.79. The van der Waals surface area contributed by atoms with Crippen LogP contribution in [0, 0.1) is 13.8 Å². The van der Waals surface area contributed by atoms with Crippen molar-refractivity contribution >= 4 is 50.2 Å². The molecule has 43 heavy (non-hydrogen) atoms. The fraction of sp³-hybridized carbons (Fsp3) is 0.323. The molecule has 1 saturated heterocycles. The lowest BCUT2D eigenvalue weighted by Gasteiger charge is -2.30. The molecule has 1 unspecified atom stereocenters. The fourth-order valence-corrected chi connectivity index (χ4v) is 6.83. The largest absolute Gasteiger partial charge is 0.484 e. The van der Waals surface area contributed by atoms with Gasteiger partial charge in [0.15, 0.2) is 17.6 Å². The van der Waals surface area contributed by atoms with Gasteiger partial charge < -0.3 is 24.2 Å². The number of benzene rings is 2. The molecule has 3 aromatic heterocycles. The van der Waals surface area contributed by atoms with E-state index in [2.05, 4.69) is 25.9 Å². The summed E-state index contributed by atoms with van der Waals surface area (Å²) in [5.41, 5.74) is 5.65. The van der Waals surface area contributed by atoms with E-state index < -0.39 is 12.2 Å². The minimum atomic E-state index is -1.07. The molecule has 2 aromatic carbocycles. The fourth-order valence-electron chi connectivity index (χ4n) is 5.68. The number of thiazole rings is 1. The summed E-state index contributed by atoms with van der Waals surface area (Å²) in [4.78, 5) is 34.4. The van der Waals surface area contributed by atoms with Crippen molar-refractivity contribution in [3.63, 3.8) is 0 Å². The molecule has 7 rings (SSSR count). The number of rotatable bonds is 6. The number of anilines is 2. The highest BCUT2D eigenvalue weighted by Crippen LogP contribution is 2.46. The summed E-state index contributed by atoms with van der Waals surface area (Å²) >= 11 is 1.51. The van der Waals surface area contributed by atoms with Gasteiger partial charge in [0.2, 0.25) is 5.88 Å². The molecule has 2 aliphatic heterocycles. The monoisotopic (exact) mass is 598 g/mol. The molecule has 11 nitrogen and oxygen atoms in total. The van der Waals surface area contributed by atoms with Crippen molar-refractivity contribution in [2.24, 2.45) is 0 Å². The minimum absolute atomic E-state index is 0.0992. The second-order valence-electron chi connectivity index (χ2n) is 10.8. The Balaban J connectivity index is 1.17. The highest BCUT2D eigenvalue weighted by Gasteiger charge is 2.30. The first-order chi connectivity index (χ1) is 20.9. The van der Waals surface area contributed by atoms with E-state index in [1.807, 2.05) is 32.0 Å². The summed E-state index contributed by atoms with van der Waals surface area (Å²) in [6.07, 6.45) is 3.94. The van der Waals surface area contributed by atoms with Gasteiger partial charge in [-0.25, -0.2) is 24.7 Å². The number of aromatic nitrogens is 4. The summed E-state index contributed by atoms with van der Waals surface area (Å²) < 4.78 is 18.7. The maximum atomic E-state index is 12.2. The first-order valence-electron chi connectivity index (χ1n) is 14.1. The first kappa shape index (κ1) is 27.1. The number of nitrogens with zero attached hydrogens (tertiary/aromatic N) is 6. The van der Waals surface area contributed by atoms with Crippen molar-refractivity contribution in [2.75, 3.05) is 43.2 Å². The SMILES string of the molecule is COc1cnc2c(-c3nc4c(C)cc5c(c4s3)OCC(CN(C(=O)O)c3ccc(N4CCCC4)nc3)O5)cc(C)cc2n1. The zero-order chi connectivity index (χ0) is 29.7. The smallest absolute Gasteiger partial charge is 0.411 e. The van der Waals surface area contributed by atoms with Gasteiger partial charge in [0.25, 0.3) is 0 Å². The Morgan fingerprint density at radius 2 is 1.95 bits per heavy atom. The van der Waals surface area contributed by atoms with Crippen molar-refractivity contribution in [3.8, 4) is 28.0 Å². The summed E-state index contributed by atoms with van der Waals surface area (Å²) in [6, 6.07) is 9.62. The van der Waals surface area contributed by atoms with Crippen LogP contribution in [0.25, 0.3) is 31.8 Å². The van der Waals surface area contributed by atoms with E-state index in [1.54, 1.807) is 25.6 Å². The number of pyridine rings is 1. The van der Waals surface area contributed by atoms with Gasteiger partial charge in [0.05, 0.1) is 48.3 Å². The van der Waals surface area contributed by atoms with Gasteiger partial charge in [-0.2, -0.15) is 0 Å². The van der Waals surface area contributed by atoms with Crippen LogP contribution in [-0.4, -0.2) is 70.6 Å². The highest BCUT2D eigenvalue weighted by molar-refractivity contribution is 7.22. The topological polar surface area (TPSA) is 123 Å². The molecule has 0 aliphatic carbocycles.